The van der Waals surface area contributed by atoms with E-state index in [9.17, 15) is 24.0 Å². The average molecular weight is 1040 g/mol. The number of amides is 5. The summed E-state index contributed by atoms with van der Waals surface area (Å²) >= 11 is 0. The van der Waals surface area contributed by atoms with Crippen molar-refractivity contribution in [2.45, 2.75) is 147 Å². The van der Waals surface area contributed by atoms with Gasteiger partial charge >= 0.3 is 0 Å². The van der Waals surface area contributed by atoms with Crippen LogP contribution in [0.4, 0.5) is 5.69 Å². The van der Waals surface area contributed by atoms with Crippen molar-refractivity contribution in [1.29, 1.82) is 0 Å². The molecule has 406 valence electrons. The summed E-state index contributed by atoms with van der Waals surface area (Å²) in [6, 6.07) is 37.6. The molecule has 0 saturated carbocycles. The van der Waals surface area contributed by atoms with Gasteiger partial charge in [-0.2, -0.15) is 0 Å². The first-order valence-corrected chi connectivity index (χ1v) is 27.8. The number of rotatable bonds is 17. The van der Waals surface area contributed by atoms with Crippen molar-refractivity contribution in [3.63, 3.8) is 0 Å². The van der Waals surface area contributed by atoms with Gasteiger partial charge in [-0.3, -0.25) is 29.3 Å². The number of benzene rings is 5. The Hall–Kier alpha value is -6.87. The fourth-order valence-corrected chi connectivity index (χ4v) is 12.1. The number of anilines is 1. The highest BCUT2D eigenvalue weighted by Crippen LogP contribution is 2.34. The molecule has 77 heavy (non-hydrogen) atoms. The van der Waals surface area contributed by atoms with Gasteiger partial charge < -0.3 is 41.3 Å². The van der Waals surface area contributed by atoms with E-state index >= 15 is 0 Å². The van der Waals surface area contributed by atoms with Crippen LogP contribution in [0.1, 0.15) is 127 Å². The highest BCUT2D eigenvalue weighted by Gasteiger charge is 2.43. The van der Waals surface area contributed by atoms with Crippen molar-refractivity contribution >= 4 is 35.2 Å². The van der Waals surface area contributed by atoms with Crippen molar-refractivity contribution in [3.05, 3.63) is 171 Å². The largest absolute Gasteiger partial charge is 0.370 e. The molecule has 8 atom stereocenters. The van der Waals surface area contributed by atoms with Crippen LogP contribution in [0, 0.1) is 5.41 Å². The van der Waals surface area contributed by atoms with E-state index < -0.39 is 18.1 Å². The predicted octanol–water partition coefficient (Wildman–Crippen LogP) is 7.06. The number of carbonyl (C=O) groups is 5. The van der Waals surface area contributed by atoms with Crippen LogP contribution in [0.3, 0.4) is 0 Å². The molecule has 1 saturated heterocycles. The smallest absolute Gasteiger partial charge is 0.251 e. The highest BCUT2D eigenvalue weighted by molar-refractivity contribution is 5.95. The number of carbonyl (C=O) groups excluding carboxylic acids is 5. The second kappa shape index (κ2) is 24.2. The van der Waals surface area contributed by atoms with Crippen molar-refractivity contribution in [3.8, 4) is 0 Å². The summed E-state index contributed by atoms with van der Waals surface area (Å²) in [5.41, 5.74) is 10.1. The Morgan fingerprint density at radius 1 is 0.675 bits per heavy atom. The molecule has 14 nitrogen and oxygen atoms in total. The molecule has 5 aromatic carbocycles. The molecular formula is C63H79N9O5. The molecule has 3 unspecified atom stereocenters. The molecule has 0 bridgehead atoms. The van der Waals surface area contributed by atoms with Crippen LogP contribution < -0.4 is 36.8 Å². The molecule has 4 aliphatic rings. The summed E-state index contributed by atoms with van der Waals surface area (Å²) in [7, 11) is 5.55. The first-order chi connectivity index (χ1) is 37.1. The molecule has 0 radical (unpaired) electrons. The second-order valence-corrected chi connectivity index (χ2v) is 22.9. The van der Waals surface area contributed by atoms with Gasteiger partial charge in [0, 0.05) is 63.2 Å². The molecule has 0 spiro atoms. The molecule has 5 aromatic rings. The van der Waals surface area contributed by atoms with Crippen LogP contribution in [-0.2, 0) is 58.0 Å². The second-order valence-electron chi connectivity index (χ2n) is 22.9. The molecule has 9 rings (SSSR count). The van der Waals surface area contributed by atoms with Gasteiger partial charge in [0.25, 0.3) is 5.91 Å². The molecule has 5 amide bonds. The Bertz CT molecular complexity index is 2900. The van der Waals surface area contributed by atoms with E-state index in [1.54, 1.807) is 18.9 Å². The molecule has 6 N–H and O–H groups in total. The predicted molar refractivity (Wildman–Crippen MR) is 303 cm³/mol. The molecule has 2 aliphatic carbocycles. The fraction of sp³-hybridized carbons (Fsp3) is 0.444. The van der Waals surface area contributed by atoms with Gasteiger partial charge in [-0.15, -0.1) is 0 Å². The third-order valence-electron chi connectivity index (χ3n) is 16.5. The Morgan fingerprint density at radius 2 is 1.27 bits per heavy atom. The minimum absolute atomic E-state index is 0.0287. The summed E-state index contributed by atoms with van der Waals surface area (Å²) < 4.78 is 0. The number of likely N-dealkylation sites (tertiary alicyclic amines) is 1. The van der Waals surface area contributed by atoms with Gasteiger partial charge in [0.05, 0.1) is 30.3 Å². The van der Waals surface area contributed by atoms with Crippen molar-refractivity contribution in [2.75, 3.05) is 32.6 Å². The highest BCUT2D eigenvalue weighted by atomic mass is 16.2. The van der Waals surface area contributed by atoms with Crippen LogP contribution in [0.15, 0.2) is 121 Å². The molecule has 1 fully saturated rings. The molecule has 2 aliphatic heterocycles. The number of hydrogen-bond acceptors (Lipinski definition) is 9. The van der Waals surface area contributed by atoms with E-state index in [0.29, 0.717) is 31.5 Å². The Balaban J connectivity index is 0.847. The standard InChI is InChI=1S/C63H79N9O5/c1-40(64-5)58(73)69-54(61(76)71-38-47-19-9-8-18-46(47)35-55(71)60(75)68-53-25-15-21-44-17-11-13-23-51(44)53)34-41-28-32-49(33-29-41)70(7)37-42-26-30-45(31-27-42)59(74)66-48-36-56(72(39-48)62(77)57(65-6)63(2,3)4)67-52-24-14-20-43-16-10-12-22-50(43)52/h8-13,16-19,22-23,26-33,40,48,52-57,64-65,67H,14-15,20-21,24-25,34-39H2,1-7H3,(H,66,74)(H,68,75)(H,69,73)/t40-,48-,52+,53+,54-,55?,56?,57?/m0/s1. The third-order valence-corrected chi connectivity index (χ3v) is 16.5. The minimum Gasteiger partial charge on any atom is -0.370 e. The summed E-state index contributed by atoms with van der Waals surface area (Å²) in [6.07, 6.45) is 6.86. The van der Waals surface area contributed by atoms with Crippen molar-refractivity contribution in [2.24, 2.45) is 5.41 Å². The average Bonchev–Trinajstić information content (AvgIpc) is 3.86. The zero-order valence-electron chi connectivity index (χ0n) is 46.0. The summed E-state index contributed by atoms with van der Waals surface area (Å²) in [5.74, 6) is -0.950. The fourth-order valence-electron chi connectivity index (χ4n) is 12.1. The minimum atomic E-state index is -0.930. The van der Waals surface area contributed by atoms with Crippen LogP contribution in [0.5, 0.6) is 0 Å². The third kappa shape index (κ3) is 12.8. The lowest BCUT2D eigenvalue weighted by Crippen LogP contribution is -2.59. The quantitative estimate of drug-likeness (QED) is 0.0572. The number of likely N-dealkylation sites (N-methyl/N-ethyl adjacent to an activating group) is 2. The van der Waals surface area contributed by atoms with E-state index in [1.165, 1.54) is 16.7 Å². The van der Waals surface area contributed by atoms with E-state index in [2.05, 4.69) is 94.0 Å². The zero-order valence-corrected chi connectivity index (χ0v) is 46.0. The lowest BCUT2D eigenvalue weighted by molar-refractivity contribution is -0.145. The van der Waals surface area contributed by atoms with Crippen LogP contribution >= 0.6 is 0 Å². The first-order valence-electron chi connectivity index (χ1n) is 27.8. The first kappa shape index (κ1) is 54.9. The summed E-state index contributed by atoms with van der Waals surface area (Å²) in [4.78, 5) is 76.8. The zero-order chi connectivity index (χ0) is 54.4. The van der Waals surface area contributed by atoms with Gasteiger partial charge in [-0.05, 0) is 134 Å². The van der Waals surface area contributed by atoms with Gasteiger partial charge in [-0.25, -0.2) is 0 Å². The van der Waals surface area contributed by atoms with Crippen molar-refractivity contribution in [1.82, 2.24) is 41.7 Å². The molecule has 2 heterocycles. The normalized spacial score (nSPS) is 21.1. The summed E-state index contributed by atoms with van der Waals surface area (Å²) in [5, 5.41) is 19.8. The maximum absolute atomic E-state index is 15.0. The van der Waals surface area contributed by atoms with Crippen LogP contribution in [-0.4, -0.2) is 103 Å². The van der Waals surface area contributed by atoms with Gasteiger partial charge in [0.1, 0.15) is 12.1 Å². The summed E-state index contributed by atoms with van der Waals surface area (Å²) in [6.45, 7) is 9.21. The maximum atomic E-state index is 15.0. The van der Waals surface area contributed by atoms with Crippen LogP contribution in [0.2, 0.25) is 0 Å². The lowest BCUT2D eigenvalue weighted by atomic mass is 9.85. The maximum Gasteiger partial charge on any atom is 0.251 e. The SMILES string of the molecule is CNC(C(=O)N1C[C@@H](NC(=O)c2ccc(CN(C)c3ccc(C[C@H](NC(=O)[C@H](C)NC)C(=O)N4Cc5ccccc5CC4C(=O)N[C@@H]4CCCc5ccccc54)cc3)cc2)CC1N[C@@H]1CCCc2ccccc21)C(C)(C)C. The monoisotopic (exact) mass is 1040 g/mol. The number of nitrogens with one attached hydrogen (secondary N) is 6. The van der Waals surface area contributed by atoms with Gasteiger partial charge in [0.15, 0.2) is 0 Å². The molecule has 14 heteroatoms. The topological polar surface area (TPSA) is 167 Å². The number of aryl methyl sites for hydroxylation is 2. The Kier molecular flexibility index (Phi) is 17.3. The van der Waals surface area contributed by atoms with E-state index in [-0.39, 0.29) is 78.2 Å². The van der Waals surface area contributed by atoms with Gasteiger partial charge in [0.2, 0.25) is 23.6 Å². The number of hydrogen-bond donors (Lipinski definition) is 6. The molecule has 0 aromatic heterocycles. The van der Waals surface area contributed by atoms with Crippen LogP contribution in [0.25, 0.3) is 0 Å². The lowest BCUT2D eigenvalue weighted by Gasteiger charge is -2.39. The number of fused-ring (bicyclic) bond motifs is 3. The molecular weight excluding hydrogens is 963 g/mol. The van der Waals surface area contributed by atoms with E-state index in [1.807, 2.05) is 104 Å². The number of nitrogens with zero attached hydrogens (tertiary/aromatic N) is 3. The Morgan fingerprint density at radius 3 is 1.91 bits per heavy atom. The Labute approximate surface area is 455 Å². The van der Waals surface area contributed by atoms with E-state index in [0.717, 1.165) is 72.0 Å². The van der Waals surface area contributed by atoms with Crippen molar-refractivity contribution < 1.29 is 24.0 Å². The van der Waals surface area contributed by atoms with E-state index in [4.69, 9.17) is 0 Å². The van der Waals surface area contributed by atoms with Gasteiger partial charge in [-0.1, -0.05) is 118 Å².